The van der Waals surface area contributed by atoms with Crippen molar-refractivity contribution in [2.45, 2.75) is 26.3 Å². The van der Waals surface area contributed by atoms with E-state index in [1.165, 1.54) is 12.7 Å². The second-order valence-electron chi connectivity index (χ2n) is 4.22. The van der Waals surface area contributed by atoms with Crippen LogP contribution in [0.5, 0.6) is 0 Å². The Kier molecular flexibility index (Phi) is 1.68. The summed E-state index contributed by atoms with van der Waals surface area (Å²) in [5, 5.41) is 7.60. The third kappa shape index (κ3) is 1.44. The number of aromatic nitrogens is 4. The van der Waals surface area contributed by atoms with Gasteiger partial charge in [0.15, 0.2) is 0 Å². The van der Waals surface area contributed by atoms with E-state index in [-0.39, 0.29) is 0 Å². The number of nitrogens with zero attached hydrogens (tertiary/aromatic N) is 4. The summed E-state index contributed by atoms with van der Waals surface area (Å²) in [5.41, 5.74) is 0.964. The Hall–Kier alpha value is -1.65. The summed E-state index contributed by atoms with van der Waals surface area (Å²) in [4.78, 5) is 8.38. The Balaban J connectivity index is 2.03. The Morgan fingerprint density at radius 2 is 2.33 bits per heavy atom. The second kappa shape index (κ2) is 2.92. The Morgan fingerprint density at radius 1 is 1.53 bits per heavy atom. The van der Waals surface area contributed by atoms with Gasteiger partial charge in [-0.3, -0.25) is 0 Å². The molecule has 1 fully saturated rings. The molecule has 2 aromatic heterocycles. The fraction of sp³-hybridized carbons (Fsp3) is 0.500. The average Bonchev–Trinajstić information content (AvgIpc) is 2.71. The lowest BCUT2D eigenvalue weighted by Crippen LogP contribution is -2.09. The quantitative estimate of drug-likeness (QED) is 0.798. The first-order valence-corrected chi connectivity index (χ1v) is 5.18. The molecule has 1 aliphatic carbocycles. The van der Waals surface area contributed by atoms with Crippen molar-refractivity contribution in [2.75, 3.05) is 5.32 Å². The molecule has 5 nitrogen and oxygen atoms in total. The molecule has 0 saturated heterocycles. The van der Waals surface area contributed by atoms with Crippen LogP contribution in [0.2, 0.25) is 0 Å². The van der Waals surface area contributed by atoms with Crippen molar-refractivity contribution in [3.63, 3.8) is 0 Å². The number of anilines is 1. The van der Waals surface area contributed by atoms with Crippen LogP contribution in [-0.4, -0.2) is 25.6 Å². The average molecular weight is 203 g/mol. The monoisotopic (exact) mass is 203 g/mol. The minimum absolute atomic E-state index is 0.583. The van der Waals surface area contributed by atoms with Gasteiger partial charge in [0.05, 0.1) is 0 Å². The number of hydrogen-bond acceptors (Lipinski definition) is 4. The Morgan fingerprint density at radius 3 is 3.07 bits per heavy atom. The highest BCUT2D eigenvalue weighted by Gasteiger charge is 2.32. The normalized spacial score (nSPS) is 24.4. The van der Waals surface area contributed by atoms with Crippen LogP contribution in [-0.2, 0) is 0 Å². The Bertz CT molecular complexity index is 503. The molecule has 78 valence electrons. The molecule has 2 heterocycles. The second-order valence-corrected chi connectivity index (χ2v) is 4.22. The number of nitrogens with one attached hydrogen (secondary N) is 1. The summed E-state index contributed by atoms with van der Waals surface area (Å²) >= 11 is 0. The molecule has 0 spiro atoms. The third-order valence-electron chi connectivity index (χ3n) is 2.82. The minimum atomic E-state index is 0.583. The molecule has 0 amide bonds. The van der Waals surface area contributed by atoms with Crippen molar-refractivity contribution >= 4 is 11.6 Å². The van der Waals surface area contributed by atoms with Crippen LogP contribution in [0.15, 0.2) is 12.4 Å². The molecule has 3 rings (SSSR count). The molecule has 1 N–H and O–H groups in total. The van der Waals surface area contributed by atoms with Crippen molar-refractivity contribution in [3.05, 3.63) is 18.1 Å². The predicted molar refractivity (Wildman–Crippen MR) is 56.7 cm³/mol. The molecule has 2 unspecified atom stereocenters. The van der Waals surface area contributed by atoms with Gasteiger partial charge in [0.1, 0.15) is 12.1 Å². The molecule has 5 heteroatoms. The van der Waals surface area contributed by atoms with E-state index in [1.807, 2.05) is 13.0 Å². The highest BCUT2D eigenvalue weighted by molar-refractivity contribution is 5.46. The van der Waals surface area contributed by atoms with E-state index >= 15 is 0 Å². The molecule has 0 aromatic carbocycles. The van der Waals surface area contributed by atoms with Gasteiger partial charge in [-0.25, -0.2) is 4.98 Å². The molecule has 15 heavy (non-hydrogen) atoms. The topological polar surface area (TPSA) is 55.1 Å². The molecule has 0 bridgehead atoms. The van der Waals surface area contributed by atoms with E-state index in [0.29, 0.717) is 11.8 Å². The highest BCUT2D eigenvalue weighted by Crippen LogP contribution is 2.32. The number of hydrogen-bond donors (Lipinski definition) is 1. The van der Waals surface area contributed by atoms with Crippen LogP contribution in [0.1, 0.15) is 19.0 Å². The van der Waals surface area contributed by atoms with Gasteiger partial charge in [0.25, 0.3) is 5.78 Å². The van der Waals surface area contributed by atoms with Crippen molar-refractivity contribution in [2.24, 2.45) is 5.92 Å². The SMILES string of the molecule is Cc1cc(NC2CC2C)n2ncnc2n1. The molecule has 1 aliphatic rings. The molecular weight excluding hydrogens is 190 g/mol. The van der Waals surface area contributed by atoms with Gasteiger partial charge >= 0.3 is 0 Å². The lowest BCUT2D eigenvalue weighted by Gasteiger charge is -2.07. The van der Waals surface area contributed by atoms with E-state index in [2.05, 4.69) is 27.3 Å². The summed E-state index contributed by atoms with van der Waals surface area (Å²) in [6.45, 7) is 4.21. The van der Waals surface area contributed by atoms with Crippen LogP contribution in [0.3, 0.4) is 0 Å². The predicted octanol–water partition coefficient (Wildman–Crippen LogP) is 1.25. The van der Waals surface area contributed by atoms with E-state index in [4.69, 9.17) is 0 Å². The summed E-state index contributed by atoms with van der Waals surface area (Å²) < 4.78 is 1.75. The molecule has 2 aromatic rings. The lowest BCUT2D eigenvalue weighted by atomic mass is 10.4. The number of rotatable bonds is 2. The maximum Gasteiger partial charge on any atom is 0.254 e. The van der Waals surface area contributed by atoms with Gasteiger partial charge in [0.2, 0.25) is 0 Å². The first-order valence-electron chi connectivity index (χ1n) is 5.18. The van der Waals surface area contributed by atoms with Crippen LogP contribution in [0.25, 0.3) is 5.78 Å². The van der Waals surface area contributed by atoms with E-state index in [0.717, 1.165) is 17.4 Å². The molecular formula is C10H13N5. The van der Waals surface area contributed by atoms with Crippen molar-refractivity contribution < 1.29 is 0 Å². The van der Waals surface area contributed by atoms with Gasteiger partial charge in [0, 0.05) is 17.8 Å². The minimum Gasteiger partial charge on any atom is -0.367 e. The van der Waals surface area contributed by atoms with Crippen LogP contribution < -0.4 is 5.32 Å². The summed E-state index contributed by atoms with van der Waals surface area (Å²) in [6.07, 6.45) is 2.76. The van der Waals surface area contributed by atoms with E-state index in [9.17, 15) is 0 Å². The zero-order valence-electron chi connectivity index (χ0n) is 8.81. The van der Waals surface area contributed by atoms with Crippen LogP contribution >= 0.6 is 0 Å². The van der Waals surface area contributed by atoms with Crippen molar-refractivity contribution in [1.82, 2.24) is 19.6 Å². The smallest absolute Gasteiger partial charge is 0.254 e. The highest BCUT2D eigenvalue weighted by atomic mass is 15.4. The molecule has 0 aliphatic heterocycles. The van der Waals surface area contributed by atoms with Crippen LogP contribution in [0.4, 0.5) is 5.82 Å². The fourth-order valence-corrected chi connectivity index (χ4v) is 1.75. The first-order chi connectivity index (χ1) is 7.24. The van der Waals surface area contributed by atoms with Gasteiger partial charge in [-0.2, -0.15) is 14.6 Å². The zero-order chi connectivity index (χ0) is 10.4. The maximum absolute atomic E-state index is 4.29. The maximum atomic E-state index is 4.29. The van der Waals surface area contributed by atoms with E-state index in [1.54, 1.807) is 4.52 Å². The Labute approximate surface area is 87.5 Å². The first kappa shape index (κ1) is 8.64. The summed E-state index contributed by atoms with van der Waals surface area (Å²) in [6, 6.07) is 2.59. The van der Waals surface area contributed by atoms with Gasteiger partial charge in [-0.1, -0.05) is 6.92 Å². The summed E-state index contributed by atoms with van der Waals surface area (Å²) in [5.74, 6) is 2.41. The van der Waals surface area contributed by atoms with Gasteiger partial charge in [-0.15, -0.1) is 0 Å². The van der Waals surface area contributed by atoms with E-state index < -0.39 is 0 Å². The molecule has 2 atom stereocenters. The van der Waals surface area contributed by atoms with Gasteiger partial charge < -0.3 is 5.32 Å². The lowest BCUT2D eigenvalue weighted by molar-refractivity contribution is 0.882. The number of fused-ring (bicyclic) bond motifs is 1. The number of aryl methyl sites for hydroxylation is 1. The summed E-state index contributed by atoms with van der Waals surface area (Å²) in [7, 11) is 0. The zero-order valence-corrected chi connectivity index (χ0v) is 8.81. The molecule has 1 saturated carbocycles. The molecule has 0 radical (unpaired) electrons. The third-order valence-corrected chi connectivity index (χ3v) is 2.82. The van der Waals surface area contributed by atoms with Crippen molar-refractivity contribution in [1.29, 1.82) is 0 Å². The fourth-order valence-electron chi connectivity index (χ4n) is 1.75. The van der Waals surface area contributed by atoms with Crippen LogP contribution in [0, 0.1) is 12.8 Å². The van der Waals surface area contributed by atoms with Gasteiger partial charge in [-0.05, 0) is 19.3 Å². The van der Waals surface area contributed by atoms with Crippen molar-refractivity contribution in [3.8, 4) is 0 Å². The largest absolute Gasteiger partial charge is 0.367 e. The standard InChI is InChI=1S/C10H13N5/c1-6-3-8(6)14-9-4-7(2)13-10-11-5-12-15(9)10/h4-6,8,14H,3H2,1-2H3.